The van der Waals surface area contributed by atoms with Gasteiger partial charge in [0.25, 0.3) is 0 Å². The zero-order chi connectivity index (χ0) is 37.5. The molecule has 54 heavy (non-hydrogen) atoms. The first-order chi connectivity index (χ1) is 26.5. The molecule has 10 nitrogen and oxygen atoms in total. The van der Waals surface area contributed by atoms with Crippen molar-refractivity contribution < 1.29 is 38.2 Å². The lowest BCUT2D eigenvalue weighted by atomic mass is 9.89. The maximum atomic E-state index is 13.0. The summed E-state index contributed by atoms with van der Waals surface area (Å²) in [5.74, 6) is 1.47. The number of nitrogens with zero attached hydrogens (tertiary/aromatic N) is 2. The molecule has 10 heteroatoms. The van der Waals surface area contributed by atoms with E-state index in [0.717, 1.165) is 49.0 Å². The summed E-state index contributed by atoms with van der Waals surface area (Å²) in [6.07, 6.45) is 5.06. The molecular weight excluding hydrogens is 684 g/mol. The van der Waals surface area contributed by atoms with Gasteiger partial charge in [-0.15, -0.1) is 10.1 Å². The quantitative estimate of drug-likeness (QED) is 0.105. The molecule has 284 valence electrons. The number of hydroxylamine groups is 4. The van der Waals surface area contributed by atoms with Crippen molar-refractivity contribution in [3.63, 3.8) is 0 Å². The lowest BCUT2D eigenvalue weighted by molar-refractivity contribution is -0.197. The summed E-state index contributed by atoms with van der Waals surface area (Å²) in [6, 6.07) is 35.4. The van der Waals surface area contributed by atoms with Gasteiger partial charge in [0.2, 0.25) is 0 Å². The smallest absolute Gasteiger partial charge is 0.349 e. The Balaban J connectivity index is 1.05. The van der Waals surface area contributed by atoms with Gasteiger partial charge < -0.3 is 28.6 Å². The lowest BCUT2D eigenvalue weighted by Gasteiger charge is -2.36. The number of piperidine rings is 2. The highest BCUT2D eigenvalue weighted by Gasteiger charge is 2.34. The molecule has 6 rings (SSSR count). The maximum absolute atomic E-state index is 13.0. The fourth-order valence-electron chi connectivity index (χ4n) is 7.14. The molecule has 4 aromatic carbocycles. The van der Waals surface area contributed by atoms with Crippen LogP contribution in [0.15, 0.2) is 121 Å². The van der Waals surface area contributed by atoms with Crippen molar-refractivity contribution in [1.29, 1.82) is 0 Å². The van der Waals surface area contributed by atoms with Crippen molar-refractivity contribution in [3.8, 4) is 23.0 Å². The van der Waals surface area contributed by atoms with Gasteiger partial charge in [-0.25, -0.2) is 9.59 Å². The molecule has 0 bridgehead atoms. The molecule has 2 unspecified atom stereocenters. The van der Waals surface area contributed by atoms with E-state index >= 15 is 0 Å². The molecule has 4 aromatic rings. The zero-order valence-electron chi connectivity index (χ0n) is 31.1. The summed E-state index contributed by atoms with van der Waals surface area (Å²) in [4.78, 5) is 37.4. The van der Waals surface area contributed by atoms with Crippen LogP contribution in [0, 0.1) is 11.8 Å². The van der Waals surface area contributed by atoms with Crippen molar-refractivity contribution in [2.75, 3.05) is 39.4 Å². The average molecular weight is 735 g/mol. The van der Waals surface area contributed by atoms with E-state index in [4.69, 9.17) is 28.6 Å². The third-order valence-corrected chi connectivity index (χ3v) is 9.55. The molecular formula is C44H50N2O8. The topological polar surface area (TPSA) is 96.0 Å². The monoisotopic (exact) mass is 734 g/mol. The number of rotatable bonds is 16. The van der Waals surface area contributed by atoms with Crippen molar-refractivity contribution in [3.05, 3.63) is 132 Å². The van der Waals surface area contributed by atoms with Gasteiger partial charge in [0.1, 0.15) is 12.2 Å². The number of carbonyl (C=O) groups excluding carboxylic acids is 2. The van der Waals surface area contributed by atoms with Gasteiger partial charge >= 0.3 is 11.9 Å². The Morgan fingerprint density at radius 3 is 1.33 bits per heavy atom. The van der Waals surface area contributed by atoms with Gasteiger partial charge in [0.05, 0.1) is 13.2 Å². The standard InChI is InChI=1S/C44H50N2O8/c1-3-49-37-23-11-13-25-39(37)51-43(33-17-7-5-8-18-33)35-21-15-29-45(31-35)53-41(47)27-28-42(48)54-46-30-16-22-36(32-46)44(34-19-9-6-10-20-34)52-40-26-14-12-24-38(40)50-4-2/h5-14,17-20,23-28,35-36,43-44H,3-4,15-16,21-22,29-32H2,1-2H3/b28-27+/t35-,36-,43?,44?/m0/s1. The minimum Gasteiger partial charge on any atom is -0.490 e. The van der Waals surface area contributed by atoms with Gasteiger partial charge in [-0.1, -0.05) is 84.9 Å². The first kappa shape index (κ1) is 38.4. The molecule has 2 heterocycles. The van der Waals surface area contributed by atoms with E-state index in [9.17, 15) is 9.59 Å². The summed E-state index contributed by atoms with van der Waals surface area (Å²) in [5, 5.41) is 3.31. The Morgan fingerprint density at radius 1 is 0.574 bits per heavy atom. The Kier molecular flexibility index (Phi) is 14.0. The highest BCUT2D eigenvalue weighted by atomic mass is 16.7. The summed E-state index contributed by atoms with van der Waals surface area (Å²) in [6.45, 7) is 7.03. The first-order valence-electron chi connectivity index (χ1n) is 19.0. The van der Waals surface area contributed by atoms with E-state index in [1.165, 1.54) is 0 Å². The van der Waals surface area contributed by atoms with Crippen LogP contribution < -0.4 is 18.9 Å². The molecule has 0 aromatic heterocycles. The molecule has 0 aliphatic carbocycles. The zero-order valence-corrected chi connectivity index (χ0v) is 31.1. The predicted octanol–water partition coefficient (Wildman–Crippen LogP) is 8.32. The van der Waals surface area contributed by atoms with E-state index in [2.05, 4.69) is 0 Å². The van der Waals surface area contributed by atoms with E-state index in [0.29, 0.717) is 62.4 Å². The second kappa shape index (κ2) is 19.7. The molecule has 0 saturated carbocycles. The molecule has 0 radical (unpaired) electrons. The number of benzene rings is 4. The van der Waals surface area contributed by atoms with Crippen LogP contribution in [0.1, 0.15) is 62.9 Å². The highest BCUT2D eigenvalue weighted by Crippen LogP contribution is 2.39. The normalized spacial score (nSPS) is 19.0. The third-order valence-electron chi connectivity index (χ3n) is 9.55. The maximum Gasteiger partial charge on any atom is 0.349 e. The second-order valence-corrected chi connectivity index (χ2v) is 13.4. The van der Waals surface area contributed by atoms with E-state index in [1.54, 1.807) is 10.1 Å². The highest BCUT2D eigenvalue weighted by molar-refractivity contribution is 5.91. The summed E-state index contributed by atoms with van der Waals surface area (Å²) in [5.41, 5.74) is 2.06. The van der Waals surface area contributed by atoms with Crippen LogP contribution in [0.3, 0.4) is 0 Å². The first-order valence-corrected chi connectivity index (χ1v) is 19.0. The van der Waals surface area contributed by atoms with E-state index in [-0.39, 0.29) is 24.0 Å². The molecule has 4 atom stereocenters. The molecule has 2 saturated heterocycles. The van der Waals surface area contributed by atoms with Gasteiger partial charge in [0.15, 0.2) is 23.0 Å². The molecule has 0 spiro atoms. The van der Waals surface area contributed by atoms with Crippen molar-refractivity contribution in [1.82, 2.24) is 10.1 Å². The van der Waals surface area contributed by atoms with Crippen LogP contribution in [0.5, 0.6) is 23.0 Å². The van der Waals surface area contributed by atoms with Crippen LogP contribution in [0.25, 0.3) is 0 Å². The summed E-state index contributed by atoms with van der Waals surface area (Å²) < 4.78 is 24.9. The van der Waals surface area contributed by atoms with Crippen molar-refractivity contribution in [2.45, 2.75) is 51.7 Å². The van der Waals surface area contributed by atoms with Gasteiger partial charge in [-0.2, -0.15) is 0 Å². The Labute approximate surface area is 318 Å². The lowest BCUT2D eigenvalue weighted by Crippen LogP contribution is -2.40. The minimum atomic E-state index is -0.645. The Hall–Kier alpha value is -5.32. The largest absolute Gasteiger partial charge is 0.490 e. The molecule has 2 aliphatic rings. The van der Waals surface area contributed by atoms with Crippen LogP contribution in [-0.4, -0.2) is 61.5 Å². The second-order valence-electron chi connectivity index (χ2n) is 13.4. The van der Waals surface area contributed by atoms with Crippen molar-refractivity contribution in [2.24, 2.45) is 11.8 Å². The number of hydrogen-bond acceptors (Lipinski definition) is 10. The van der Waals surface area contributed by atoms with Crippen LogP contribution in [0.2, 0.25) is 0 Å². The summed E-state index contributed by atoms with van der Waals surface area (Å²) in [7, 11) is 0. The van der Waals surface area contributed by atoms with Gasteiger partial charge in [-0.05, 0) is 74.9 Å². The Bertz CT molecular complexity index is 1670. The van der Waals surface area contributed by atoms with Crippen LogP contribution in [0.4, 0.5) is 0 Å². The van der Waals surface area contributed by atoms with E-state index < -0.39 is 11.9 Å². The SMILES string of the molecule is CCOc1ccccc1OC(c1ccccc1)[C@H]1CCCN(OC(=O)/C=C/C(=O)ON2CCC[C@H](C(Oc3ccccc3OCC)c3ccccc3)C2)C1. The number of ether oxygens (including phenoxy) is 4. The van der Waals surface area contributed by atoms with Crippen LogP contribution >= 0.6 is 0 Å². The number of hydrogen-bond donors (Lipinski definition) is 0. The van der Waals surface area contributed by atoms with Gasteiger partial charge in [-0.3, -0.25) is 0 Å². The number of carbonyl (C=O) groups is 2. The fraction of sp³-hybridized carbons (Fsp3) is 0.364. The van der Waals surface area contributed by atoms with E-state index in [1.807, 2.05) is 123 Å². The number of para-hydroxylation sites is 4. The predicted molar refractivity (Wildman–Crippen MR) is 205 cm³/mol. The molecule has 0 amide bonds. The summed E-state index contributed by atoms with van der Waals surface area (Å²) >= 11 is 0. The minimum absolute atomic E-state index is 0.0287. The fourth-order valence-corrected chi connectivity index (χ4v) is 7.14. The van der Waals surface area contributed by atoms with Crippen molar-refractivity contribution >= 4 is 11.9 Å². The van der Waals surface area contributed by atoms with Crippen LogP contribution in [-0.2, 0) is 19.3 Å². The van der Waals surface area contributed by atoms with Gasteiger partial charge in [0, 0.05) is 50.2 Å². The third kappa shape index (κ3) is 10.6. The molecule has 2 fully saturated rings. The molecule has 2 aliphatic heterocycles. The molecule has 0 N–H and O–H groups in total. The Morgan fingerprint density at radius 2 is 0.944 bits per heavy atom. The average Bonchev–Trinajstić information content (AvgIpc) is 3.20.